The van der Waals surface area contributed by atoms with Crippen molar-refractivity contribution in [3.05, 3.63) is 23.8 Å². The monoisotopic (exact) mass is 138 g/mol. The zero-order valence-electron chi connectivity index (χ0n) is 5.05. The molecule has 0 aromatic carbocycles. The third-order valence-corrected chi connectivity index (χ3v) is 1.42. The molecule has 1 rings (SSSR count). The largest absolute Gasteiger partial charge is 0.288 e. The number of carbonyl (C=O) groups is 1. The second-order valence-electron chi connectivity index (χ2n) is 1.95. The highest BCUT2D eigenvalue weighted by molar-refractivity contribution is 7.82. The lowest BCUT2D eigenvalue weighted by Crippen LogP contribution is -2.08. The van der Waals surface area contributed by atoms with Crippen LogP contribution in [0.25, 0.3) is 0 Å². The molecule has 0 saturated heterocycles. The van der Waals surface area contributed by atoms with Crippen LogP contribution < -0.4 is 0 Å². The summed E-state index contributed by atoms with van der Waals surface area (Å²) in [6.45, 7) is 1.91. The van der Waals surface area contributed by atoms with Gasteiger partial charge in [-0.15, -0.1) is 0 Å². The summed E-state index contributed by atoms with van der Waals surface area (Å²) in [6, 6.07) is 0. The molecule has 0 spiro atoms. The van der Waals surface area contributed by atoms with Crippen LogP contribution in [0, 0.1) is 0 Å². The first-order chi connectivity index (χ1) is 4.20. The van der Waals surface area contributed by atoms with E-state index in [9.17, 15) is 4.79 Å². The lowest BCUT2D eigenvalue weighted by Gasteiger charge is -1.98. The summed E-state index contributed by atoms with van der Waals surface area (Å²) in [5.74, 6) is -0.0596. The lowest BCUT2D eigenvalue weighted by molar-refractivity contribution is -0.108. The van der Waals surface area contributed by atoms with Crippen molar-refractivity contribution >= 4 is 22.9 Å². The summed E-state index contributed by atoms with van der Waals surface area (Å²) in [5.41, 5.74) is 1.04. The molecule has 0 amide bonds. The molecule has 0 aliphatic heterocycles. The Morgan fingerprint density at radius 3 is 2.56 bits per heavy atom. The van der Waals surface area contributed by atoms with Crippen LogP contribution in [0.4, 0.5) is 0 Å². The van der Waals surface area contributed by atoms with Gasteiger partial charge >= 0.3 is 0 Å². The SMILES string of the molecule is CC1=CC(=S)C(=O)C=C1. The summed E-state index contributed by atoms with van der Waals surface area (Å²) in [4.78, 5) is 11.1. The van der Waals surface area contributed by atoms with E-state index in [0.29, 0.717) is 4.86 Å². The predicted octanol–water partition coefficient (Wildman–Crippen LogP) is 1.44. The Kier molecular flexibility index (Phi) is 1.58. The van der Waals surface area contributed by atoms with Crippen molar-refractivity contribution in [2.75, 3.05) is 0 Å². The minimum Gasteiger partial charge on any atom is -0.288 e. The van der Waals surface area contributed by atoms with Gasteiger partial charge in [0.1, 0.15) is 0 Å². The van der Waals surface area contributed by atoms with Gasteiger partial charge in [-0.05, 0) is 24.6 Å². The molecule has 0 heterocycles. The summed E-state index contributed by atoms with van der Waals surface area (Å²) >= 11 is 4.73. The quantitative estimate of drug-likeness (QED) is 0.471. The number of rotatable bonds is 0. The predicted molar refractivity (Wildman–Crippen MR) is 40.5 cm³/mol. The van der Waals surface area contributed by atoms with Gasteiger partial charge in [-0.1, -0.05) is 18.3 Å². The Balaban J connectivity index is 2.95. The Labute approximate surface area is 59.1 Å². The first kappa shape index (κ1) is 6.36. The van der Waals surface area contributed by atoms with Gasteiger partial charge in [0.15, 0.2) is 5.78 Å². The molecular formula is C7H6OS. The summed E-state index contributed by atoms with van der Waals surface area (Å²) in [6.07, 6.45) is 4.97. The summed E-state index contributed by atoms with van der Waals surface area (Å²) < 4.78 is 0. The molecule has 0 N–H and O–H groups in total. The van der Waals surface area contributed by atoms with E-state index >= 15 is 0 Å². The molecule has 0 unspecified atom stereocenters. The fourth-order valence-corrected chi connectivity index (χ4v) is 0.869. The van der Waals surface area contributed by atoms with Gasteiger partial charge in [0.2, 0.25) is 0 Å². The molecule has 0 bridgehead atoms. The van der Waals surface area contributed by atoms with Crippen LogP contribution in [0.2, 0.25) is 0 Å². The molecule has 0 aromatic rings. The van der Waals surface area contributed by atoms with Crippen molar-refractivity contribution in [1.29, 1.82) is 0 Å². The van der Waals surface area contributed by atoms with E-state index in [1.54, 1.807) is 12.2 Å². The first-order valence-electron chi connectivity index (χ1n) is 2.65. The molecule has 9 heavy (non-hydrogen) atoms. The highest BCUT2D eigenvalue weighted by atomic mass is 32.1. The first-order valence-corrected chi connectivity index (χ1v) is 3.05. The van der Waals surface area contributed by atoms with Gasteiger partial charge in [-0.3, -0.25) is 4.79 Å². The number of hydrogen-bond acceptors (Lipinski definition) is 2. The van der Waals surface area contributed by atoms with E-state index in [1.165, 1.54) is 6.08 Å². The standard InChI is InChI=1S/C7H6OS/c1-5-2-3-6(8)7(9)4-5/h2-4H,1H3. The van der Waals surface area contributed by atoms with Gasteiger partial charge in [0, 0.05) is 0 Å². The lowest BCUT2D eigenvalue weighted by atomic mass is 10.1. The van der Waals surface area contributed by atoms with Crippen LogP contribution >= 0.6 is 12.2 Å². The summed E-state index contributed by atoms with van der Waals surface area (Å²) in [7, 11) is 0. The molecule has 1 aliphatic rings. The average molecular weight is 138 g/mol. The van der Waals surface area contributed by atoms with Crippen molar-refractivity contribution in [2.45, 2.75) is 6.92 Å². The molecule has 0 atom stereocenters. The second kappa shape index (κ2) is 2.23. The fraction of sp³-hybridized carbons (Fsp3) is 0.143. The third kappa shape index (κ3) is 1.33. The van der Waals surface area contributed by atoms with E-state index in [2.05, 4.69) is 0 Å². The van der Waals surface area contributed by atoms with E-state index in [-0.39, 0.29) is 5.78 Å². The van der Waals surface area contributed by atoms with Crippen molar-refractivity contribution in [3.8, 4) is 0 Å². The maximum atomic E-state index is 10.7. The molecule has 1 aliphatic carbocycles. The second-order valence-corrected chi connectivity index (χ2v) is 2.39. The number of ketones is 1. The molecule has 46 valence electrons. The van der Waals surface area contributed by atoms with Crippen LogP contribution in [-0.4, -0.2) is 10.6 Å². The van der Waals surface area contributed by atoms with Gasteiger partial charge in [-0.2, -0.15) is 0 Å². The fourth-order valence-electron chi connectivity index (χ4n) is 0.615. The van der Waals surface area contributed by atoms with Crippen LogP contribution in [0.1, 0.15) is 6.92 Å². The molecule has 0 fully saturated rings. The highest BCUT2D eigenvalue weighted by Crippen LogP contribution is 2.03. The number of carbonyl (C=O) groups excluding carboxylic acids is 1. The zero-order chi connectivity index (χ0) is 6.85. The Morgan fingerprint density at radius 1 is 1.44 bits per heavy atom. The molecule has 1 nitrogen and oxygen atoms in total. The van der Waals surface area contributed by atoms with Crippen LogP contribution in [0.15, 0.2) is 23.8 Å². The van der Waals surface area contributed by atoms with E-state index < -0.39 is 0 Å². The van der Waals surface area contributed by atoms with E-state index in [0.717, 1.165) is 5.57 Å². The smallest absolute Gasteiger partial charge is 0.196 e. The highest BCUT2D eigenvalue weighted by Gasteiger charge is 2.05. The van der Waals surface area contributed by atoms with Crippen molar-refractivity contribution in [1.82, 2.24) is 0 Å². The van der Waals surface area contributed by atoms with Crippen molar-refractivity contribution < 1.29 is 4.79 Å². The van der Waals surface area contributed by atoms with Crippen LogP contribution in [-0.2, 0) is 4.79 Å². The molecular weight excluding hydrogens is 132 g/mol. The van der Waals surface area contributed by atoms with Crippen LogP contribution in [0.3, 0.4) is 0 Å². The Hall–Kier alpha value is -0.760. The van der Waals surface area contributed by atoms with Crippen molar-refractivity contribution in [2.24, 2.45) is 0 Å². The molecule has 2 heteroatoms. The maximum Gasteiger partial charge on any atom is 0.196 e. The van der Waals surface area contributed by atoms with Crippen molar-refractivity contribution in [3.63, 3.8) is 0 Å². The van der Waals surface area contributed by atoms with E-state index in [1.807, 2.05) is 6.92 Å². The number of thiocarbonyl (C=S) groups is 1. The Bertz CT molecular complexity index is 223. The number of allylic oxidation sites excluding steroid dienone is 4. The van der Waals surface area contributed by atoms with Gasteiger partial charge < -0.3 is 0 Å². The van der Waals surface area contributed by atoms with Gasteiger partial charge in [0.05, 0.1) is 4.86 Å². The number of hydrogen-bond donors (Lipinski definition) is 0. The average Bonchev–Trinajstić information content (AvgIpc) is 1.80. The van der Waals surface area contributed by atoms with Gasteiger partial charge in [0.25, 0.3) is 0 Å². The Morgan fingerprint density at radius 2 is 2.11 bits per heavy atom. The molecule has 0 radical (unpaired) electrons. The third-order valence-electron chi connectivity index (χ3n) is 1.10. The molecule has 0 aromatic heterocycles. The summed E-state index contributed by atoms with van der Waals surface area (Å²) in [5, 5.41) is 0. The van der Waals surface area contributed by atoms with Gasteiger partial charge in [-0.25, -0.2) is 0 Å². The topological polar surface area (TPSA) is 17.1 Å². The maximum absolute atomic E-state index is 10.7. The van der Waals surface area contributed by atoms with Crippen LogP contribution in [0.5, 0.6) is 0 Å². The normalized spacial score (nSPS) is 18.1. The zero-order valence-corrected chi connectivity index (χ0v) is 5.87. The minimum atomic E-state index is -0.0596. The minimum absolute atomic E-state index is 0.0596. The molecule has 0 saturated carbocycles. The van der Waals surface area contributed by atoms with E-state index in [4.69, 9.17) is 12.2 Å².